The first-order chi connectivity index (χ1) is 7.70. The summed E-state index contributed by atoms with van der Waals surface area (Å²) in [6.07, 6.45) is 3.59. The second-order valence-corrected chi connectivity index (χ2v) is 6.94. The SMILES string of the molecule is CC1CCC(C#N)C(N2CCSC(C)C2)C1. The molecule has 4 atom stereocenters. The molecule has 0 bridgehead atoms. The summed E-state index contributed by atoms with van der Waals surface area (Å²) in [7, 11) is 0. The fourth-order valence-corrected chi connectivity index (χ4v) is 4.09. The average molecular weight is 238 g/mol. The molecule has 2 aliphatic rings. The van der Waals surface area contributed by atoms with Crippen LogP contribution in [-0.2, 0) is 0 Å². The Morgan fingerprint density at radius 1 is 1.31 bits per heavy atom. The van der Waals surface area contributed by atoms with E-state index in [0.717, 1.165) is 17.6 Å². The maximum absolute atomic E-state index is 9.26. The first kappa shape index (κ1) is 12.3. The molecule has 2 nitrogen and oxygen atoms in total. The fourth-order valence-electron chi connectivity index (χ4n) is 3.05. The molecule has 16 heavy (non-hydrogen) atoms. The first-order valence-corrected chi connectivity index (χ1v) is 7.51. The van der Waals surface area contributed by atoms with Gasteiger partial charge in [0.25, 0.3) is 0 Å². The van der Waals surface area contributed by atoms with Gasteiger partial charge in [-0.3, -0.25) is 4.90 Å². The predicted molar refractivity (Wildman–Crippen MR) is 69.4 cm³/mol. The molecule has 2 rings (SSSR count). The summed E-state index contributed by atoms with van der Waals surface area (Å²) in [5, 5.41) is 10.0. The van der Waals surface area contributed by atoms with Gasteiger partial charge in [-0.25, -0.2) is 0 Å². The Bertz CT molecular complexity index is 274. The highest BCUT2D eigenvalue weighted by Gasteiger charge is 2.34. The summed E-state index contributed by atoms with van der Waals surface area (Å²) < 4.78 is 0. The summed E-state index contributed by atoms with van der Waals surface area (Å²) in [5.74, 6) is 2.33. The second-order valence-electron chi connectivity index (χ2n) is 5.40. The van der Waals surface area contributed by atoms with Crippen molar-refractivity contribution >= 4 is 11.8 Å². The molecule has 1 saturated carbocycles. The van der Waals surface area contributed by atoms with E-state index in [9.17, 15) is 5.26 Å². The number of hydrogen-bond acceptors (Lipinski definition) is 3. The molecular weight excluding hydrogens is 216 g/mol. The van der Waals surface area contributed by atoms with Gasteiger partial charge in [-0.05, 0) is 25.2 Å². The number of thioether (sulfide) groups is 1. The van der Waals surface area contributed by atoms with Crippen LogP contribution in [0.5, 0.6) is 0 Å². The summed E-state index contributed by atoms with van der Waals surface area (Å²) in [6.45, 7) is 7.01. The zero-order chi connectivity index (χ0) is 11.5. The second kappa shape index (κ2) is 5.42. The maximum Gasteiger partial charge on any atom is 0.0672 e. The van der Waals surface area contributed by atoms with Crippen LogP contribution in [0.1, 0.15) is 33.1 Å². The Kier molecular flexibility index (Phi) is 4.16. The van der Waals surface area contributed by atoms with E-state index in [2.05, 4.69) is 36.6 Å². The lowest BCUT2D eigenvalue weighted by molar-refractivity contribution is 0.110. The summed E-state index contributed by atoms with van der Waals surface area (Å²) in [6, 6.07) is 3.08. The summed E-state index contributed by atoms with van der Waals surface area (Å²) >= 11 is 2.07. The Labute approximate surface area is 103 Å². The van der Waals surface area contributed by atoms with Crippen LogP contribution in [0.2, 0.25) is 0 Å². The molecule has 1 heterocycles. The highest BCUT2D eigenvalue weighted by atomic mass is 32.2. The minimum atomic E-state index is 0.284. The van der Waals surface area contributed by atoms with E-state index >= 15 is 0 Å². The molecule has 1 aliphatic heterocycles. The fraction of sp³-hybridized carbons (Fsp3) is 0.923. The first-order valence-electron chi connectivity index (χ1n) is 6.46. The smallest absolute Gasteiger partial charge is 0.0672 e. The van der Waals surface area contributed by atoms with Gasteiger partial charge in [-0.2, -0.15) is 17.0 Å². The minimum Gasteiger partial charge on any atom is -0.297 e. The molecule has 0 N–H and O–H groups in total. The van der Waals surface area contributed by atoms with E-state index < -0.39 is 0 Å². The van der Waals surface area contributed by atoms with Crippen LogP contribution >= 0.6 is 11.8 Å². The number of rotatable bonds is 1. The van der Waals surface area contributed by atoms with E-state index in [1.54, 1.807) is 0 Å². The van der Waals surface area contributed by atoms with Crippen molar-refractivity contribution in [2.45, 2.75) is 44.4 Å². The van der Waals surface area contributed by atoms with Crippen molar-refractivity contribution in [1.82, 2.24) is 4.90 Å². The van der Waals surface area contributed by atoms with Crippen molar-refractivity contribution in [3.63, 3.8) is 0 Å². The molecule has 0 aromatic heterocycles. The van der Waals surface area contributed by atoms with Gasteiger partial charge in [0, 0.05) is 30.1 Å². The molecular formula is C13H22N2S. The molecule has 0 spiro atoms. The van der Waals surface area contributed by atoms with Crippen molar-refractivity contribution in [2.24, 2.45) is 11.8 Å². The third kappa shape index (κ3) is 2.73. The van der Waals surface area contributed by atoms with Gasteiger partial charge in [0.1, 0.15) is 0 Å². The van der Waals surface area contributed by atoms with Gasteiger partial charge in [0.2, 0.25) is 0 Å². The third-order valence-electron chi connectivity index (χ3n) is 3.99. The van der Waals surface area contributed by atoms with E-state index in [-0.39, 0.29) is 5.92 Å². The van der Waals surface area contributed by atoms with Crippen LogP contribution in [0, 0.1) is 23.2 Å². The van der Waals surface area contributed by atoms with E-state index in [0.29, 0.717) is 6.04 Å². The molecule has 1 saturated heterocycles. The van der Waals surface area contributed by atoms with Gasteiger partial charge < -0.3 is 0 Å². The van der Waals surface area contributed by atoms with Gasteiger partial charge in [0.05, 0.1) is 12.0 Å². The van der Waals surface area contributed by atoms with Crippen LogP contribution in [0.3, 0.4) is 0 Å². The molecule has 2 fully saturated rings. The Balaban J connectivity index is 2.01. The van der Waals surface area contributed by atoms with Gasteiger partial charge in [0.15, 0.2) is 0 Å². The molecule has 90 valence electrons. The van der Waals surface area contributed by atoms with E-state index in [1.165, 1.54) is 31.7 Å². The number of nitriles is 1. The highest BCUT2D eigenvalue weighted by Crippen LogP contribution is 2.33. The van der Waals surface area contributed by atoms with Crippen LogP contribution in [0.15, 0.2) is 0 Å². The zero-order valence-electron chi connectivity index (χ0n) is 10.4. The van der Waals surface area contributed by atoms with Crippen molar-refractivity contribution < 1.29 is 0 Å². The normalized spacial score (nSPS) is 41.6. The Morgan fingerprint density at radius 2 is 2.12 bits per heavy atom. The van der Waals surface area contributed by atoms with E-state index in [4.69, 9.17) is 0 Å². The molecule has 0 aromatic rings. The number of nitrogens with zero attached hydrogens (tertiary/aromatic N) is 2. The molecule has 0 radical (unpaired) electrons. The van der Waals surface area contributed by atoms with Gasteiger partial charge in [-0.15, -0.1) is 0 Å². The lowest BCUT2D eigenvalue weighted by Crippen LogP contribution is -2.49. The van der Waals surface area contributed by atoms with Crippen molar-refractivity contribution in [2.75, 3.05) is 18.8 Å². The number of hydrogen-bond donors (Lipinski definition) is 0. The standard InChI is InChI=1S/C13H22N2S/c1-10-3-4-12(8-14)13(7-10)15-5-6-16-11(2)9-15/h10-13H,3-7,9H2,1-2H3. The third-order valence-corrected chi connectivity index (χ3v) is 5.12. The van der Waals surface area contributed by atoms with E-state index in [1.807, 2.05) is 0 Å². The molecule has 0 aromatic carbocycles. The molecule has 1 aliphatic carbocycles. The van der Waals surface area contributed by atoms with Crippen LogP contribution < -0.4 is 0 Å². The molecule has 3 heteroatoms. The van der Waals surface area contributed by atoms with Crippen LogP contribution in [-0.4, -0.2) is 35.0 Å². The molecule has 0 amide bonds. The summed E-state index contributed by atoms with van der Waals surface area (Å²) in [5.41, 5.74) is 0. The predicted octanol–water partition coefficient (Wildman–Crippen LogP) is 2.75. The summed E-state index contributed by atoms with van der Waals surface area (Å²) in [4.78, 5) is 2.59. The zero-order valence-corrected chi connectivity index (χ0v) is 11.2. The maximum atomic E-state index is 9.26. The lowest BCUT2D eigenvalue weighted by atomic mass is 9.79. The largest absolute Gasteiger partial charge is 0.297 e. The van der Waals surface area contributed by atoms with Crippen LogP contribution in [0.25, 0.3) is 0 Å². The Morgan fingerprint density at radius 3 is 2.81 bits per heavy atom. The average Bonchev–Trinajstić information content (AvgIpc) is 2.29. The quantitative estimate of drug-likeness (QED) is 0.703. The minimum absolute atomic E-state index is 0.284. The lowest BCUT2D eigenvalue weighted by Gasteiger charge is -2.42. The van der Waals surface area contributed by atoms with Gasteiger partial charge >= 0.3 is 0 Å². The Hall–Kier alpha value is -0.200. The van der Waals surface area contributed by atoms with Crippen molar-refractivity contribution in [1.29, 1.82) is 5.26 Å². The monoisotopic (exact) mass is 238 g/mol. The van der Waals surface area contributed by atoms with Gasteiger partial charge in [-0.1, -0.05) is 13.8 Å². The van der Waals surface area contributed by atoms with Crippen LogP contribution in [0.4, 0.5) is 0 Å². The van der Waals surface area contributed by atoms with Crippen molar-refractivity contribution in [3.8, 4) is 6.07 Å². The molecule has 4 unspecified atom stereocenters. The topological polar surface area (TPSA) is 27.0 Å². The highest BCUT2D eigenvalue weighted by molar-refractivity contribution is 7.99. The van der Waals surface area contributed by atoms with Crippen molar-refractivity contribution in [3.05, 3.63) is 0 Å².